The van der Waals surface area contributed by atoms with Crippen LogP contribution in [0.2, 0.25) is 5.02 Å². The molecule has 4 nitrogen and oxygen atoms in total. The van der Waals surface area contributed by atoms with Crippen LogP contribution in [0, 0.1) is 5.41 Å². The van der Waals surface area contributed by atoms with Crippen molar-refractivity contribution in [1.82, 2.24) is 5.32 Å². The minimum Gasteiger partial charge on any atom is -0.477 e. The number of aliphatic carboxylic acids is 1. The first kappa shape index (κ1) is 12.3. The van der Waals surface area contributed by atoms with E-state index in [9.17, 15) is 4.79 Å². The van der Waals surface area contributed by atoms with E-state index in [1.54, 1.807) is 31.3 Å². The van der Waals surface area contributed by atoms with Crippen molar-refractivity contribution in [2.75, 3.05) is 7.05 Å². The minimum absolute atomic E-state index is 0.312. The van der Waals surface area contributed by atoms with Gasteiger partial charge in [-0.2, -0.15) is 0 Å². The molecule has 0 atom stereocenters. The number of rotatable bonds is 4. The molecule has 0 unspecified atom stereocenters. The van der Waals surface area contributed by atoms with Crippen molar-refractivity contribution < 1.29 is 9.90 Å². The fraction of sp³-hybridized carbons (Fsp3) is 0.0909. The Morgan fingerprint density at radius 3 is 2.44 bits per heavy atom. The molecule has 1 aromatic carbocycles. The average molecular weight is 239 g/mol. The Hall–Kier alpha value is -1.81. The Labute approximate surface area is 98.1 Å². The predicted octanol–water partition coefficient (Wildman–Crippen LogP) is 2.00. The summed E-state index contributed by atoms with van der Waals surface area (Å²) < 4.78 is 0. The van der Waals surface area contributed by atoms with Crippen molar-refractivity contribution in [2.45, 2.75) is 0 Å². The van der Waals surface area contributed by atoms with Crippen molar-refractivity contribution in [2.24, 2.45) is 0 Å². The second-order valence-corrected chi connectivity index (χ2v) is 3.47. The van der Waals surface area contributed by atoms with Crippen LogP contribution in [0.25, 0.3) is 5.57 Å². The standard InChI is InChI=1S/C11H11ClN2O2/c1-14-6-9(10(13)11(15)16)7-2-4-8(12)5-3-7/h2-6,13-14H,1H3,(H,15,16)/b9-6-,13-10?. The van der Waals surface area contributed by atoms with Crippen molar-refractivity contribution >= 4 is 28.9 Å². The summed E-state index contributed by atoms with van der Waals surface area (Å²) in [6.45, 7) is 0. The van der Waals surface area contributed by atoms with E-state index in [1.165, 1.54) is 6.20 Å². The van der Waals surface area contributed by atoms with E-state index in [4.69, 9.17) is 22.1 Å². The van der Waals surface area contributed by atoms with Gasteiger partial charge in [0.15, 0.2) is 0 Å². The number of hydrogen-bond donors (Lipinski definition) is 3. The fourth-order valence-corrected chi connectivity index (χ4v) is 1.31. The van der Waals surface area contributed by atoms with Gasteiger partial charge in [-0.25, -0.2) is 4.79 Å². The molecular formula is C11H11ClN2O2. The topological polar surface area (TPSA) is 73.2 Å². The summed E-state index contributed by atoms with van der Waals surface area (Å²) in [5.74, 6) is -1.27. The summed E-state index contributed by atoms with van der Waals surface area (Å²) in [7, 11) is 1.64. The highest BCUT2D eigenvalue weighted by molar-refractivity contribution is 6.52. The number of carboxylic acid groups (broad SMARTS) is 1. The van der Waals surface area contributed by atoms with E-state index in [-0.39, 0.29) is 0 Å². The molecule has 0 aliphatic rings. The third-order valence-electron chi connectivity index (χ3n) is 1.93. The highest BCUT2D eigenvalue weighted by atomic mass is 35.5. The summed E-state index contributed by atoms with van der Waals surface area (Å²) in [5, 5.41) is 19.5. The SMILES string of the molecule is CN/C=C(\C(=N)C(=O)O)c1ccc(Cl)cc1. The highest BCUT2D eigenvalue weighted by Crippen LogP contribution is 2.18. The molecule has 1 aromatic rings. The molecule has 0 fully saturated rings. The molecule has 0 bridgehead atoms. The summed E-state index contributed by atoms with van der Waals surface area (Å²) in [6, 6.07) is 6.64. The largest absolute Gasteiger partial charge is 0.477 e. The van der Waals surface area contributed by atoms with Gasteiger partial charge in [0.2, 0.25) is 0 Å². The zero-order valence-electron chi connectivity index (χ0n) is 8.62. The number of nitrogens with one attached hydrogen (secondary N) is 2. The summed E-state index contributed by atoms with van der Waals surface area (Å²) in [4.78, 5) is 10.7. The van der Waals surface area contributed by atoms with Crippen LogP contribution in [-0.4, -0.2) is 23.8 Å². The summed E-state index contributed by atoms with van der Waals surface area (Å²) >= 11 is 5.73. The second kappa shape index (κ2) is 5.32. The van der Waals surface area contributed by atoms with E-state index >= 15 is 0 Å². The normalized spacial score (nSPS) is 11.0. The fourth-order valence-electron chi connectivity index (χ4n) is 1.19. The summed E-state index contributed by atoms with van der Waals surface area (Å²) in [6.07, 6.45) is 1.47. The molecule has 0 aliphatic carbocycles. The molecule has 84 valence electrons. The van der Waals surface area contributed by atoms with Crippen LogP contribution in [0.1, 0.15) is 5.56 Å². The number of carboxylic acids is 1. The number of halogens is 1. The second-order valence-electron chi connectivity index (χ2n) is 3.03. The molecule has 3 N–H and O–H groups in total. The van der Waals surface area contributed by atoms with Gasteiger partial charge in [-0.3, -0.25) is 5.41 Å². The molecule has 5 heteroatoms. The lowest BCUT2D eigenvalue weighted by Crippen LogP contribution is -2.15. The van der Waals surface area contributed by atoms with E-state index in [1.807, 2.05) is 0 Å². The zero-order chi connectivity index (χ0) is 12.1. The van der Waals surface area contributed by atoms with Crippen molar-refractivity contribution in [3.63, 3.8) is 0 Å². The van der Waals surface area contributed by atoms with Gasteiger partial charge in [-0.15, -0.1) is 0 Å². The van der Waals surface area contributed by atoms with Crippen LogP contribution in [0.5, 0.6) is 0 Å². The first-order chi connectivity index (χ1) is 7.56. The van der Waals surface area contributed by atoms with E-state index in [0.29, 0.717) is 16.2 Å². The van der Waals surface area contributed by atoms with Crippen LogP contribution in [-0.2, 0) is 4.79 Å². The molecule has 0 spiro atoms. The minimum atomic E-state index is -1.27. The Balaban J connectivity index is 3.13. The number of carbonyl (C=O) groups is 1. The quantitative estimate of drug-likeness (QED) is 0.703. The van der Waals surface area contributed by atoms with Crippen molar-refractivity contribution in [1.29, 1.82) is 5.41 Å². The first-order valence-electron chi connectivity index (χ1n) is 4.52. The molecule has 1 rings (SSSR count). The van der Waals surface area contributed by atoms with Gasteiger partial charge >= 0.3 is 5.97 Å². The molecule has 16 heavy (non-hydrogen) atoms. The maximum absolute atomic E-state index is 10.7. The Kier molecular flexibility index (Phi) is 4.08. The van der Waals surface area contributed by atoms with Gasteiger partial charge < -0.3 is 10.4 Å². The Morgan fingerprint density at radius 1 is 1.44 bits per heavy atom. The van der Waals surface area contributed by atoms with Crippen LogP contribution in [0.4, 0.5) is 0 Å². The van der Waals surface area contributed by atoms with Crippen molar-refractivity contribution in [3.8, 4) is 0 Å². The third kappa shape index (κ3) is 2.84. The average Bonchev–Trinajstić information content (AvgIpc) is 2.26. The molecule has 0 amide bonds. The lowest BCUT2D eigenvalue weighted by Gasteiger charge is -2.06. The molecule has 0 saturated heterocycles. The molecule has 0 saturated carbocycles. The molecule has 0 aromatic heterocycles. The molecule has 0 aliphatic heterocycles. The van der Waals surface area contributed by atoms with Gasteiger partial charge in [0.1, 0.15) is 5.71 Å². The smallest absolute Gasteiger partial charge is 0.354 e. The highest BCUT2D eigenvalue weighted by Gasteiger charge is 2.14. The Morgan fingerprint density at radius 2 is 2.00 bits per heavy atom. The molecule has 0 radical (unpaired) electrons. The first-order valence-corrected chi connectivity index (χ1v) is 4.89. The molecular weight excluding hydrogens is 228 g/mol. The number of benzene rings is 1. The van der Waals surface area contributed by atoms with Gasteiger partial charge in [0, 0.05) is 23.8 Å². The van der Waals surface area contributed by atoms with Crippen molar-refractivity contribution in [3.05, 3.63) is 41.1 Å². The van der Waals surface area contributed by atoms with Crippen LogP contribution in [0.15, 0.2) is 30.5 Å². The van der Waals surface area contributed by atoms with Crippen LogP contribution in [0.3, 0.4) is 0 Å². The van der Waals surface area contributed by atoms with Crippen LogP contribution < -0.4 is 5.32 Å². The van der Waals surface area contributed by atoms with Gasteiger partial charge in [0.25, 0.3) is 0 Å². The van der Waals surface area contributed by atoms with Gasteiger partial charge in [-0.05, 0) is 17.7 Å². The predicted molar refractivity (Wildman–Crippen MR) is 63.9 cm³/mol. The molecule has 0 heterocycles. The van der Waals surface area contributed by atoms with Gasteiger partial charge in [-0.1, -0.05) is 23.7 Å². The Bertz CT molecular complexity index is 438. The van der Waals surface area contributed by atoms with Crippen LogP contribution >= 0.6 is 11.6 Å². The lowest BCUT2D eigenvalue weighted by molar-refractivity contribution is -0.129. The maximum Gasteiger partial charge on any atom is 0.354 e. The third-order valence-corrected chi connectivity index (χ3v) is 2.18. The monoisotopic (exact) mass is 238 g/mol. The maximum atomic E-state index is 10.7. The van der Waals surface area contributed by atoms with Gasteiger partial charge in [0.05, 0.1) is 0 Å². The summed E-state index contributed by atoms with van der Waals surface area (Å²) in [5.41, 5.74) is 0.481. The lowest BCUT2D eigenvalue weighted by atomic mass is 10.0. The zero-order valence-corrected chi connectivity index (χ0v) is 9.38. The number of hydrogen-bond acceptors (Lipinski definition) is 3. The van der Waals surface area contributed by atoms with E-state index in [2.05, 4.69) is 5.32 Å². The van der Waals surface area contributed by atoms with E-state index < -0.39 is 11.7 Å². The van der Waals surface area contributed by atoms with E-state index in [0.717, 1.165) is 0 Å².